The molecule has 0 bridgehead atoms. The summed E-state index contributed by atoms with van der Waals surface area (Å²) >= 11 is 0. The molecule has 4 nitrogen and oxygen atoms in total. The van der Waals surface area contributed by atoms with Gasteiger partial charge in [-0.1, -0.05) is 13.3 Å². The third-order valence-electron chi connectivity index (χ3n) is 2.73. The molecule has 0 saturated heterocycles. The minimum Gasteiger partial charge on any atom is -0.395 e. The number of nitrogens with zero attached hydrogens (tertiary/aromatic N) is 1. The number of carbonyl (C=O) groups is 1. The Kier molecular flexibility index (Phi) is 8.21. The summed E-state index contributed by atoms with van der Waals surface area (Å²) in [6.45, 7) is 9.42. The van der Waals surface area contributed by atoms with Gasteiger partial charge >= 0.3 is 0 Å². The minimum absolute atomic E-state index is 0.0515. The highest BCUT2D eigenvalue weighted by molar-refractivity contribution is 5.81. The van der Waals surface area contributed by atoms with E-state index in [-0.39, 0.29) is 24.6 Å². The van der Waals surface area contributed by atoms with Crippen LogP contribution in [0.15, 0.2) is 0 Å². The number of hydrogen-bond donors (Lipinski definition) is 2. The van der Waals surface area contributed by atoms with E-state index < -0.39 is 0 Å². The summed E-state index contributed by atoms with van der Waals surface area (Å²) in [7, 11) is 0. The van der Waals surface area contributed by atoms with E-state index in [1.54, 1.807) is 0 Å². The van der Waals surface area contributed by atoms with Crippen LogP contribution in [-0.4, -0.2) is 47.7 Å². The number of rotatable bonds is 8. The molecule has 1 atom stereocenters. The number of amides is 1. The van der Waals surface area contributed by atoms with Crippen LogP contribution in [0.2, 0.25) is 0 Å². The van der Waals surface area contributed by atoms with Gasteiger partial charge in [-0.05, 0) is 27.2 Å². The molecular formula is C12H26N2O2. The Morgan fingerprint density at radius 2 is 2.00 bits per heavy atom. The van der Waals surface area contributed by atoms with E-state index in [0.717, 1.165) is 19.4 Å². The Balaban J connectivity index is 4.14. The van der Waals surface area contributed by atoms with Gasteiger partial charge in [0.1, 0.15) is 0 Å². The average molecular weight is 230 g/mol. The van der Waals surface area contributed by atoms with Crippen molar-refractivity contribution in [1.29, 1.82) is 0 Å². The molecule has 0 saturated carbocycles. The standard InChI is InChI=1S/C12H26N2O2/c1-5-6-7-13-12(16)11(4)14(8-9-15)10(2)3/h10-11,15H,5-9H2,1-4H3,(H,13,16). The van der Waals surface area contributed by atoms with Crippen molar-refractivity contribution in [2.45, 2.75) is 52.6 Å². The molecule has 16 heavy (non-hydrogen) atoms. The lowest BCUT2D eigenvalue weighted by molar-refractivity contribution is -0.126. The molecule has 0 aliphatic heterocycles. The number of aliphatic hydroxyl groups excluding tert-OH is 1. The lowest BCUT2D eigenvalue weighted by Crippen LogP contribution is -2.49. The first kappa shape index (κ1) is 15.4. The highest BCUT2D eigenvalue weighted by Crippen LogP contribution is 2.05. The summed E-state index contributed by atoms with van der Waals surface area (Å²) in [6.07, 6.45) is 2.10. The second-order valence-corrected chi connectivity index (χ2v) is 4.38. The fraction of sp³-hybridized carbons (Fsp3) is 0.917. The summed E-state index contributed by atoms with van der Waals surface area (Å²) in [5.41, 5.74) is 0. The Hall–Kier alpha value is -0.610. The van der Waals surface area contributed by atoms with Crippen molar-refractivity contribution in [3.05, 3.63) is 0 Å². The Labute approximate surface area is 99.0 Å². The molecule has 1 unspecified atom stereocenters. The topological polar surface area (TPSA) is 52.6 Å². The lowest BCUT2D eigenvalue weighted by Gasteiger charge is -2.31. The first-order valence-electron chi connectivity index (χ1n) is 6.18. The first-order chi connectivity index (χ1) is 7.54. The summed E-state index contributed by atoms with van der Waals surface area (Å²) in [6, 6.07) is 0.0862. The van der Waals surface area contributed by atoms with Crippen LogP contribution in [0.1, 0.15) is 40.5 Å². The van der Waals surface area contributed by atoms with E-state index in [2.05, 4.69) is 12.2 Å². The summed E-state index contributed by atoms with van der Waals surface area (Å²) in [5.74, 6) is 0.0515. The van der Waals surface area contributed by atoms with Crippen molar-refractivity contribution >= 4 is 5.91 Å². The summed E-state index contributed by atoms with van der Waals surface area (Å²) in [4.78, 5) is 13.8. The van der Waals surface area contributed by atoms with Gasteiger partial charge in [-0.3, -0.25) is 9.69 Å². The van der Waals surface area contributed by atoms with E-state index in [1.165, 1.54) is 0 Å². The third-order valence-corrected chi connectivity index (χ3v) is 2.73. The zero-order chi connectivity index (χ0) is 12.6. The fourth-order valence-corrected chi connectivity index (χ4v) is 1.70. The van der Waals surface area contributed by atoms with Crippen LogP contribution in [0.5, 0.6) is 0 Å². The van der Waals surface area contributed by atoms with Crippen molar-refractivity contribution in [1.82, 2.24) is 10.2 Å². The second-order valence-electron chi connectivity index (χ2n) is 4.38. The van der Waals surface area contributed by atoms with Crippen molar-refractivity contribution in [3.8, 4) is 0 Å². The first-order valence-corrected chi connectivity index (χ1v) is 6.18. The monoisotopic (exact) mass is 230 g/mol. The number of unbranched alkanes of at least 4 members (excludes halogenated alkanes) is 1. The van der Waals surface area contributed by atoms with Crippen LogP contribution < -0.4 is 5.32 Å². The molecular weight excluding hydrogens is 204 g/mol. The van der Waals surface area contributed by atoms with Gasteiger partial charge in [-0.15, -0.1) is 0 Å². The molecule has 0 radical (unpaired) electrons. The maximum atomic E-state index is 11.8. The lowest BCUT2D eigenvalue weighted by atomic mass is 10.2. The van der Waals surface area contributed by atoms with E-state index in [0.29, 0.717) is 6.54 Å². The Morgan fingerprint density at radius 3 is 2.44 bits per heavy atom. The maximum Gasteiger partial charge on any atom is 0.237 e. The van der Waals surface area contributed by atoms with Crippen LogP contribution in [-0.2, 0) is 4.79 Å². The molecule has 0 aromatic rings. The van der Waals surface area contributed by atoms with Gasteiger partial charge < -0.3 is 10.4 Å². The summed E-state index contributed by atoms with van der Waals surface area (Å²) in [5, 5.41) is 11.9. The van der Waals surface area contributed by atoms with Gasteiger partial charge in [0.25, 0.3) is 0 Å². The molecule has 0 fully saturated rings. The smallest absolute Gasteiger partial charge is 0.237 e. The molecule has 0 aromatic carbocycles. The number of hydrogen-bond acceptors (Lipinski definition) is 3. The zero-order valence-electron chi connectivity index (χ0n) is 11.0. The second kappa shape index (κ2) is 8.53. The van der Waals surface area contributed by atoms with Crippen molar-refractivity contribution in [2.24, 2.45) is 0 Å². The molecule has 0 aliphatic rings. The fourth-order valence-electron chi connectivity index (χ4n) is 1.70. The highest BCUT2D eigenvalue weighted by atomic mass is 16.3. The molecule has 0 rings (SSSR count). The largest absolute Gasteiger partial charge is 0.395 e. The third kappa shape index (κ3) is 5.47. The van der Waals surface area contributed by atoms with Crippen LogP contribution in [0.25, 0.3) is 0 Å². The van der Waals surface area contributed by atoms with E-state index in [9.17, 15) is 4.79 Å². The molecule has 0 spiro atoms. The normalized spacial score (nSPS) is 13.2. The predicted octanol–water partition coefficient (Wildman–Crippen LogP) is 0.994. The molecule has 0 aromatic heterocycles. The highest BCUT2D eigenvalue weighted by Gasteiger charge is 2.22. The van der Waals surface area contributed by atoms with E-state index in [1.807, 2.05) is 25.7 Å². The SMILES string of the molecule is CCCCNC(=O)C(C)N(CCO)C(C)C. The number of carbonyl (C=O) groups excluding carboxylic acids is 1. The predicted molar refractivity (Wildman–Crippen MR) is 66.3 cm³/mol. The van der Waals surface area contributed by atoms with Crippen LogP contribution in [0.4, 0.5) is 0 Å². The van der Waals surface area contributed by atoms with E-state index in [4.69, 9.17) is 5.11 Å². The van der Waals surface area contributed by atoms with Gasteiger partial charge in [0.15, 0.2) is 0 Å². The quantitative estimate of drug-likeness (QED) is 0.612. The van der Waals surface area contributed by atoms with Gasteiger partial charge in [0, 0.05) is 19.1 Å². The van der Waals surface area contributed by atoms with Crippen molar-refractivity contribution in [3.63, 3.8) is 0 Å². The number of aliphatic hydroxyl groups is 1. The van der Waals surface area contributed by atoms with Crippen molar-refractivity contribution in [2.75, 3.05) is 19.7 Å². The molecule has 96 valence electrons. The van der Waals surface area contributed by atoms with E-state index >= 15 is 0 Å². The van der Waals surface area contributed by atoms with Gasteiger partial charge in [-0.25, -0.2) is 0 Å². The molecule has 0 heterocycles. The molecule has 0 aliphatic carbocycles. The molecule has 4 heteroatoms. The van der Waals surface area contributed by atoms with Gasteiger partial charge in [0.2, 0.25) is 5.91 Å². The minimum atomic E-state index is -0.177. The molecule has 2 N–H and O–H groups in total. The van der Waals surface area contributed by atoms with Crippen molar-refractivity contribution < 1.29 is 9.90 Å². The van der Waals surface area contributed by atoms with Crippen LogP contribution >= 0.6 is 0 Å². The summed E-state index contributed by atoms with van der Waals surface area (Å²) < 4.78 is 0. The van der Waals surface area contributed by atoms with Gasteiger partial charge in [0.05, 0.1) is 12.6 Å². The maximum absolute atomic E-state index is 11.8. The average Bonchev–Trinajstić information content (AvgIpc) is 2.24. The Bertz CT molecular complexity index is 195. The number of nitrogens with one attached hydrogen (secondary N) is 1. The molecule has 1 amide bonds. The van der Waals surface area contributed by atoms with Crippen LogP contribution in [0.3, 0.4) is 0 Å². The zero-order valence-corrected chi connectivity index (χ0v) is 11.0. The Morgan fingerprint density at radius 1 is 1.38 bits per heavy atom. The van der Waals surface area contributed by atoms with Gasteiger partial charge in [-0.2, -0.15) is 0 Å². The van der Waals surface area contributed by atoms with Crippen LogP contribution in [0, 0.1) is 0 Å².